The lowest BCUT2D eigenvalue weighted by Gasteiger charge is -2.12. The molecule has 0 fully saturated rings. The number of nitrogens with two attached hydrogens (primary N) is 1. The highest BCUT2D eigenvalue weighted by atomic mass is 79.9. The van der Waals surface area contributed by atoms with Crippen LogP contribution in [0.1, 0.15) is 11.1 Å². The topological polar surface area (TPSA) is 38.0 Å². The second-order valence-electron chi connectivity index (χ2n) is 4.05. The van der Waals surface area contributed by atoms with Crippen molar-refractivity contribution >= 4 is 44.5 Å². The number of benzene rings is 2. The fourth-order valence-electron chi connectivity index (χ4n) is 1.71. The van der Waals surface area contributed by atoms with Crippen LogP contribution in [0.15, 0.2) is 46.9 Å². The Hall–Kier alpha value is -1.39. The van der Waals surface area contributed by atoms with Crippen LogP contribution < -0.4 is 11.1 Å². The zero-order valence-electron chi connectivity index (χ0n) is 9.91. The van der Waals surface area contributed by atoms with E-state index in [9.17, 15) is 0 Å². The first-order valence-electron chi connectivity index (χ1n) is 5.49. The van der Waals surface area contributed by atoms with Crippen LogP contribution in [0.2, 0.25) is 0 Å². The van der Waals surface area contributed by atoms with Gasteiger partial charge in [0, 0.05) is 21.4 Å². The summed E-state index contributed by atoms with van der Waals surface area (Å²) in [5, 5.41) is 3.34. The Kier molecular flexibility index (Phi) is 3.99. The molecule has 0 aliphatic rings. The quantitative estimate of drug-likeness (QED) is 0.835. The summed E-state index contributed by atoms with van der Waals surface area (Å²) in [5.41, 5.74) is 9.69. The molecule has 3 N–H and O–H groups in total. The molecule has 92 valence electrons. The van der Waals surface area contributed by atoms with Gasteiger partial charge in [0.05, 0.1) is 0 Å². The van der Waals surface area contributed by atoms with Gasteiger partial charge >= 0.3 is 0 Å². The van der Waals surface area contributed by atoms with Gasteiger partial charge in [0.1, 0.15) is 4.99 Å². The minimum absolute atomic E-state index is 0.387. The molecule has 18 heavy (non-hydrogen) atoms. The second kappa shape index (κ2) is 5.50. The van der Waals surface area contributed by atoms with Crippen LogP contribution in [0.4, 0.5) is 11.4 Å². The molecule has 4 heteroatoms. The first-order chi connectivity index (χ1) is 8.56. The number of anilines is 2. The first-order valence-corrected chi connectivity index (χ1v) is 6.69. The van der Waals surface area contributed by atoms with Gasteiger partial charge in [0.15, 0.2) is 0 Å². The summed E-state index contributed by atoms with van der Waals surface area (Å²) in [6.45, 7) is 2.06. The Morgan fingerprint density at radius 2 is 2.00 bits per heavy atom. The fraction of sp³-hybridized carbons (Fsp3) is 0.0714. The maximum Gasteiger partial charge on any atom is 0.106 e. The molecular weight excluding hydrogens is 308 g/mol. The van der Waals surface area contributed by atoms with Crippen molar-refractivity contribution in [2.45, 2.75) is 6.92 Å². The molecule has 0 atom stereocenters. The predicted molar refractivity (Wildman–Crippen MR) is 84.5 cm³/mol. The third-order valence-electron chi connectivity index (χ3n) is 2.54. The van der Waals surface area contributed by atoms with Crippen LogP contribution in [-0.4, -0.2) is 4.99 Å². The lowest BCUT2D eigenvalue weighted by Crippen LogP contribution is -2.11. The van der Waals surface area contributed by atoms with Gasteiger partial charge in [0.2, 0.25) is 0 Å². The second-order valence-corrected chi connectivity index (χ2v) is 5.40. The molecule has 0 aliphatic heterocycles. The minimum Gasteiger partial charge on any atom is -0.389 e. The van der Waals surface area contributed by atoms with Crippen molar-refractivity contribution in [3.05, 3.63) is 58.1 Å². The Labute approximate surface area is 120 Å². The van der Waals surface area contributed by atoms with E-state index in [1.54, 1.807) is 0 Å². The van der Waals surface area contributed by atoms with E-state index in [4.69, 9.17) is 18.0 Å². The van der Waals surface area contributed by atoms with Crippen molar-refractivity contribution < 1.29 is 0 Å². The number of nitrogens with one attached hydrogen (secondary N) is 1. The fourth-order valence-corrected chi connectivity index (χ4v) is 2.25. The summed E-state index contributed by atoms with van der Waals surface area (Å²) in [6, 6.07) is 14.0. The monoisotopic (exact) mass is 320 g/mol. The van der Waals surface area contributed by atoms with Gasteiger partial charge in [-0.15, -0.1) is 0 Å². The molecule has 0 saturated carbocycles. The average Bonchev–Trinajstić information content (AvgIpc) is 2.28. The molecule has 0 spiro atoms. The Balaban J connectivity index is 2.39. The molecule has 2 aromatic carbocycles. The molecule has 0 saturated heterocycles. The van der Waals surface area contributed by atoms with Crippen LogP contribution in [0.25, 0.3) is 0 Å². The van der Waals surface area contributed by atoms with E-state index in [-0.39, 0.29) is 0 Å². The van der Waals surface area contributed by atoms with Gasteiger partial charge in [-0.2, -0.15) is 0 Å². The van der Waals surface area contributed by atoms with E-state index in [1.165, 1.54) is 5.56 Å². The standard InChI is InChI=1S/C14H13BrN2S/c1-9-3-2-4-11(7-9)17-13-8-10(15)5-6-12(13)14(16)18/h2-8,17H,1H3,(H2,16,18). The van der Waals surface area contributed by atoms with E-state index in [0.717, 1.165) is 21.4 Å². The SMILES string of the molecule is Cc1cccc(Nc2cc(Br)ccc2C(N)=S)c1. The maximum absolute atomic E-state index is 5.72. The third kappa shape index (κ3) is 3.09. The number of hydrogen-bond donors (Lipinski definition) is 2. The van der Waals surface area contributed by atoms with Gasteiger partial charge in [-0.3, -0.25) is 0 Å². The summed E-state index contributed by atoms with van der Waals surface area (Å²) in [6.07, 6.45) is 0. The number of aryl methyl sites for hydroxylation is 1. The van der Waals surface area contributed by atoms with Crippen molar-refractivity contribution in [1.29, 1.82) is 0 Å². The molecule has 0 aliphatic carbocycles. The number of hydrogen-bond acceptors (Lipinski definition) is 2. The highest BCUT2D eigenvalue weighted by Crippen LogP contribution is 2.25. The highest BCUT2D eigenvalue weighted by Gasteiger charge is 2.06. The van der Waals surface area contributed by atoms with E-state index in [0.29, 0.717) is 4.99 Å². The lowest BCUT2D eigenvalue weighted by molar-refractivity contribution is 1.44. The van der Waals surface area contributed by atoms with Crippen molar-refractivity contribution in [3.8, 4) is 0 Å². The molecule has 2 rings (SSSR count). The molecule has 2 nitrogen and oxygen atoms in total. The molecule has 2 aromatic rings. The van der Waals surface area contributed by atoms with E-state index >= 15 is 0 Å². The molecule has 0 bridgehead atoms. The average molecular weight is 321 g/mol. The zero-order chi connectivity index (χ0) is 13.1. The Morgan fingerprint density at radius 3 is 2.67 bits per heavy atom. The van der Waals surface area contributed by atoms with Gasteiger partial charge in [0.25, 0.3) is 0 Å². The number of halogens is 1. The van der Waals surface area contributed by atoms with Gasteiger partial charge < -0.3 is 11.1 Å². The van der Waals surface area contributed by atoms with Crippen molar-refractivity contribution in [1.82, 2.24) is 0 Å². The molecule has 0 unspecified atom stereocenters. The summed E-state index contributed by atoms with van der Waals surface area (Å²) in [4.78, 5) is 0.387. The van der Waals surface area contributed by atoms with Crippen molar-refractivity contribution in [2.75, 3.05) is 5.32 Å². The maximum atomic E-state index is 5.72. The Morgan fingerprint density at radius 1 is 1.22 bits per heavy atom. The van der Waals surface area contributed by atoms with Crippen LogP contribution in [0, 0.1) is 6.92 Å². The van der Waals surface area contributed by atoms with E-state index < -0.39 is 0 Å². The van der Waals surface area contributed by atoms with Gasteiger partial charge in [-0.1, -0.05) is 40.3 Å². The normalized spacial score (nSPS) is 10.1. The smallest absolute Gasteiger partial charge is 0.106 e. The third-order valence-corrected chi connectivity index (χ3v) is 3.26. The van der Waals surface area contributed by atoms with Crippen LogP contribution >= 0.6 is 28.1 Å². The summed E-state index contributed by atoms with van der Waals surface area (Å²) >= 11 is 8.51. The predicted octanol–water partition coefficient (Wildman–Crippen LogP) is 4.14. The molecule has 0 amide bonds. The summed E-state index contributed by atoms with van der Waals surface area (Å²) < 4.78 is 0.984. The van der Waals surface area contributed by atoms with Crippen LogP contribution in [-0.2, 0) is 0 Å². The zero-order valence-corrected chi connectivity index (χ0v) is 12.3. The molecule has 0 radical (unpaired) electrons. The molecule has 0 aromatic heterocycles. The minimum atomic E-state index is 0.387. The van der Waals surface area contributed by atoms with E-state index in [1.807, 2.05) is 30.3 Å². The molecular formula is C14H13BrN2S. The van der Waals surface area contributed by atoms with Crippen LogP contribution in [0.3, 0.4) is 0 Å². The Bertz CT molecular complexity index is 596. The van der Waals surface area contributed by atoms with Crippen molar-refractivity contribution in [2.24, 2.45) is 5.73 Å². The number of thiocarbonyl (C=S) groups is 1. The lowest BCUT2D eigenvalue weighted by atomic mass is 10.1. The highest BCUT2D eigenvalue weighted by molar-refractivity contribution is 9.10. The summed E-state index contributed by atoms with van der Waals surface area (Å²) in [7, 11) is 0. The first kappa shape index (κ1) is 13.1. The summed E-state index contributed by atoms with van der Waals surface area (Å²) in [5.74, 6) is 0. The van der Waals surface area contributed by atoms with Crippen molar-refractivity contribution in [3.63, 3.8) is 0 Å². The number of rotatable bonds is 3. The van der Waals surface area contributed by atoms with Gasteiger partial charge in [-0.05, 0) is 42.8 Å². The molecule has 0 heterocycles. The largest absolute Gasteiger partial charge is 0.389 e. The van der Waals surface area contributed by atoms with Gasteiger partial charge in [-0.25, -0.2) is 0 Å². The van der Waals surface area contributed by atoms with Crippen LogP contribution in [0.5, 0.6) is 0 Å². The van der Waals surface area contributed by atoms with E-state index in [2.05, 4.69) is 40.3 Å².